The van der Waals surface area contributed by atoms with Crippen LogP contribution < -0.4 is 0 Å². The Morgan fingerprint density at radius 3 is 1.69 bits per heavy atom. The number of fused-ring (bicyclic) bond motifs is 2. The van der Waals surface area contributed by atoms with Gasteiger partial charge in [-0.3, -0.25) is 0 Å². The molecule has 2 aliphatic heterocycles. The molecule has 3 aromatic carbocycles. The molecule has 35 heavy (non-hydrogen) atoms. The Morgan fingerprint density at radius 2 is 1.20 bits per heavy atom. The number of benzene rings is 3. The summed E-state index contributed by atoms with van der Waals surface area (Å²) >= 11 is 0. The number of hydrogen-bond acceptors (Lipinski definition) is 0. The van der Waals surface area contributed by atoms with E-state index < -0.39 is 7.92 Å². The summed E-state index contributed by atoms with van der Waals surface area (Å²) in [7, 11) is -0.426. The van der Waals surface area contributed by atoms with E-state index in [4.69, 9.17) is 0 Å². The van der Waals surface area contributed by atoms with Gasteiger partial charge in [-0.25, -0.2) is 0 Å². The van der Waals surface area contributed by atoms with Crippen LogP contribution in [0.15, 0.2) is 78.9 Å². The summed E-state index contributed by atoms with van der Waals surface area (Å²) in [4.78, 5) is 0. The van der Waals surface area contributed by atoms with Gasteiger partial charge in [0.2, 0.25) is 0 Å². The van der Waals surface area contributed by atoms with Crippen LogP contribution in [0.2, 0.25) is 0 Å². The molecule has 180 valence electrons. The molecule has 0 amide bonds. The average Bonchev–Trinajstić information content (AvgIpc) is 3.35. The summed E-state index contributed by atoms with van der Waals surface area (Å²) in [5.41, 5.74) is 10.5. The van der Waals surface area contributed by atoms with Gasteiger partial charge in [-0.2, -0.15) is 0 Å². The van der Waals surface area contributed by atoms with Crippen molar-refractivity contribution in [3.8, 4) is 0 Å². The monoisotopic (exact) mass is 478 g/mol. The molecule has 0 aromatic heterocycles. The second-order valence-electron chi connectivity index (χ2n) is 11.5. The maximum Gasteiger partial charge on any atom is 0.0171 e. The molecule has 3 aromatic rings. The van der Waals surface area contributed by atoms with Crippen LogP contribution in [0.3, 0.4) is 0 Å². The first kappa shape index (κ1) is 24.3. The molecule has 5 rings (SSSR count). The fourth-order valence-corrected chi connectivity index (χ4v) is 9.58. The van der Waals surface area contributed by atoms with Crippen LogP contribution in [0.5, 0.6) is 0 Å². The molecule has 0 N–H and O–H groups in total. The summed E-state index contributed by atoms with van der Waals surface area (Å²) in [5, 5.41) is 3.23. The van der Waals surface area contributed by atoms with Crippen molar-refractivity contribution in [1.29, 1.82) is 0 Å². The molecule has 2 aliphatic rings. The van der Waals surface area contributed by atoms with Crippen molar-refractivity contribution in [2.24, 2.45) is 5.41 Å². The lowest BCUT2D eigenvalue weighted by atomic mass is 9.77. The van der Waals surface area contributed by atoms with Crippen molar-refractivity contribution in [2.75, 3.05) is 6.16 Å². The Labute approximate surface area is 213 Å². The van der Waals surface area contributed by atoms with E-state index in [1.54, 1.807) is 32.9 Å². The molecule has 0 aliphatic carbocycles. The molecule has 2 bridgehead atoms. The van der Waals surface area contributed by atoms with Crippen LogP contribution in [0, 0.1) is 5.41 Å². The third kappa shape index (κ3) is 4.15. The largest absolute Gasteiger partial charge is 0.0651 e. The van der Waals surface area contributed by atoms with Crippen molar-refractivity contribution in [1.82, 2.24) is 0 Å². The Hall–Kier alpha value is -2.43. The summed E-state index contributed by atoms with van der Waals surface area (Å²) < 4.78 is 0. The number of hydrogen-bond donors (Lipinski definition) is 0. The molecule has 0 nitrogen and oxygen atoms in total. The molecule has 2 unspecified atom stereocenters. The fourth-order valence-electron chi connectivity index (χ4n) is 6.02. The van der Waals surface area contributed by atoms with Crippen molar-refractivity contribution in [3.05, 3.63) is 112 Å². The van der Waals surface area contributed by atoms with Crippen molar-refractivity contribution >= 4 is 24.1 Å². The number of rotatable bonds is 6. The highest BCUT2D eigenvalue weighted by molar-refractivity contribution is 7.79. The maximum atomic E-state index is 2.68. The van der Waals surface area contributed by atoms with Crippen molar-refractivity contribution in [3.63, 3.8) is 0 Å². The first-order valence-electron chi connectivity index (χ1n) is 13.3. The minimum absolute atomic E-state index is 0.0762. The van der Waals surface area contributed by atoms with Gasteiger partial charge in [-0.05, 0) is 81.4 Å². The van der Waals surface area contributed by atoms with Gasteiger partial charge >= 0.3 is 0 Å². The molecule has 2 heterocycles. The summed E-state index contributed by atoms with van der Waals surface area (Å²) in [5.74, 6) is 1.55. The van der Waals surface area contributed by atoms with Gasteiger partial charge in [0.15, 0.2) is 0 Å². The number of allylic oxidation sites excluding steroid dienone is 2. The smallest absolute Gasteiger partial charge is 0.0171 e. The lowest BCUT2D eigenvalue weighted by Crippen LogP contribution is -2.14. The van der Waals surface area contributed by atoms with Crippen LogP contribution in [0.1, 0.15) is 99.6 Å². The van der Waals surface area contributed by atoms with E-state index in [1.807, 2.05) is 0 Å². The normalized spacial score (nSPS) is 21.5. The second-order valence-corrected chi connectivity index (χ2v) is 13.6. The highest BCUT2D eigenvalue weighted by Crippen LogP contribution is 2.78. The SMILES string of the molecule is CC(C)c1cc(C(C)C)c(C2=CC3(C)CP2C(c2ccccc2)=C3c2ccccc2)c(C(C)C)c1. The molecule has 0 radical (unpaired) electrons. The predicted octanol–water partition coefficient (Wildman–Crippen LogP) is 10.5. The van der Waals surface area contributed by atoms with Crippen molar-refractivity contribution in [2.45, 2.75) is 66.2 Å². The van der Waals surface area contributed by atoms with Gasteiger partial charge in [-0.15, -0.1) is 0 Å². The first-order chi connectivity index (χ1) is 16.7. The van der Waals surface area contributed by atoms with E-state index in [0.29, 0.717) is 17.8 Å². The lowest BCUT2D eigenvalue weighted by Gasteiger charge is -2.30. The van der Waals surface area contributed by atoms with E-state index in [9.17, 15) is 0 Å². The van der Waals surface area contributed by atoms with E-state index >= 15 is 0 Å². The minimum Gasteiger partial charge on any atom is -0.0651 e. The van der Waals surface area contributed by atoms with Crippen LogP contribution in [0.25, 0.3) is 16.2 Å². The highest BCUT2D eigenvalue weighted by Gasteiger charge is 2.49. The lowest BCUT2D eigenvalue weighted by molar-refractivity contribution is 0.679. The summed E-state index contributed by atoms with van der Waals surface area (Å²) in [6, 6.07) is 27.4. The van der Waals surface area contributed by atoms with E-state index in [0.717, 1.165) is 0 Å². The maximum absolute atomic E-state index is 2.68. The molecule has 0 spiro atoms. The van der Waals surface area contributed by atoms with Crippen LogP contribution in [-0.4, -0.2) is 6.16 Å². The summed E-state index contributed by atoms with van der Waals surface area (Å²) in [6.07, 6.45) is 3.91. The minimum atomic E-state index is -0.426. The Morgan fingerprint density at radius 1 is 0.686 bits per heavy atom. The summed E-state index contributed by atoms with van der Waals surface area (Å²) in [6.45, 7) is 16.6. The molecule has 2 atom stereocenters. The molecule has 0 saturated carbocycles. The van der Waals surface area contributed by atoms with Gasteiger partial charge < -0.3 is 0 Å². The quantitative estimate of drug-likeness (QED) is 0.309. The topological polar surface area (TPSA) is 0 Å². The zero-order chi connectivity index (χ0) is 24.9. The third-order valence-corrected chi connectivity index (χ3v) is 10.7. The third-order valence-electron chi connectivity index (χ3n) is 7.81. The van der Waals surface area contributed by atoms with Gasteiger partial charge in [-0.1, -0.05) is 127 Å². The van der Waals surface area contributed by atoms with Gasteiger partial charge in [0.25, 0.3) is 0 Å². The van der Waals surface area contributed by atoms with E-state index in [-0.39, 0.29) is 5.41 Å². The van der Waals surface area contributed by atoms with Gasteiger partial charge in [0.05, 0.1) is 0 Å². The van der Waals surface area contributed by atoms with Gasteiger partial charge in [0.1, 0.15) is 0 Å². The second kappa shape index (κ2) is 9.22. The molecular formula is C34H39P. The Bertz CT molecular complexity index is 1260. The Balaban J connectivity index is 1.76. The van der Waals surface area contributed by atoms with E-state index in [2.05, 4.69) is 127 Å². The Kier molecular flexibility index (Phi) is 6.39. The first-order valence-corrected chi connectivity index (χ1v) is 14.8. The zero-order valence-electron chi connectivity index (χ0n) is 22.4. The van der Waals surface area contributed by atoms with Crippen LogP contribution >= 0.6 is 7.92 Å². The van der Waals surface area contributed by atoms with Crippen LogP contribution in [0.4, 0.5) is 0 Å². The highest BCUT2D eigenvalue weighted by atomic mass is 31.1. The molecule has 0 fully saturated rings. The van der Waals surface area contributed by atoms with E-state index in [1.165, 1.54) is 22.9 Å². The standard InChI is InChI=1S/C34H39P/c1-22(2)27-18-28(23(3)4)31(29(19-27)24(5)6)30-20-34(7)21-35(30)33(26-16-12-9-13-17-26)32(34)25-14-10-8-11-15-25/h8-20,22-24H,21H2,1-7H3. The fraction of sp³-hybridized carbons (Fsp3) is 0.353. The molecule has 0 saturated heterocycles. The predicted molar refractivity (Wildman–Crippen MR) is 156 cm³/mol. The van der Waals surface area contributed by atoms with Crippen molar-refractivity contribution < 1.29 is 0 Å². The molecule has 1 heteroatoms. The van der Waals surface area contributed by atoms with Gasteiger partial charge in [0, 0.05) is 5.41 Å². The average molecular weight is 479 g/mol. The zero-order valence-corrected chi connectivity index (χ0v) is 23.3. The van der Waals surface area contributed by atoms with Crippen LogP contribution in [-0.2, 0) is 0 Å². The molecular weight excluding hydrogens is 439 g/mol.